The van der Waals surface area contributed by atoms with Crippen molar-refractivity contribution in [1.82, 2.24) is 0 Å². The molecule has 10 rings (SSSR count). The summed E-state index contributed by atoms with van der Waals surface area (Å²) in [6, 6.07) is 0. The lowest BCUT2D eigenvalue weighted by atomic mass is 9.43. The van der Waals surface area contributed by atoms with E-state index in [0.717, 1.165) is 37.7 Å². The van der Waals surface area contributed by atoms with Crippen LogP contribution >= 0.6 is 0 Å². The minimum atomic E-state index is -1.68. The molecule has 4 aliphatic carbocycles. The Morgan fingerprint density at radius 2 is 1.23 bits per heavy atom. The molecule has 30 unspecified atom stereocenters. The summed E-state index contributed by atoms with van der Waals surface area (Å²) in [4.78, 5) is 25.4. The first-order valence-electron chi connectivity index (χ1n) is 28.5. The number of aldehydes is 1. The van der Waals surface area contributed by atoms with Crippen LogP contribution in [0.2, 0.25) is 0 Å². The fourth-order valence-electron chi connectivity index (χ4n) is 16.2. The largest absolute Gasteiger partial charge is 0.458 e. The van der Waals surface area contributed by atoms with Gasteiger partial charge in [0.25, 0.3) is 0 Å². The fraction of sp³-hybridized carbons (Fsp3) is 0.927. The molecule has 0 aromatic rings. The third kappa shape index (κ3) is 10.7. The number of aliphatic hydroxyl groups excluding tert-OH is 7. The van der Waals surface area contributed by atoms with Crippen LogP contribution < -0.4 is 0 Å². The number of aliphatic hydroxyl groups is 8. The summed E-state index contributed by atoms with van der Waals surface area (Å²) in [5, 5.41) is 87.9. The van der Waals surface area contributed by atoms with Crippen molar-refractivity contribution in [2.24, 2.45) is 34.5 Å². The van der Waals surface area contributed by atoms with Crippen LogP contribution in [0.4, 0.5) is 0 Å². The molecule has 0 aromatic heterocycles. The number of rotatable bonds is 15. The van der Waals surface area contributed by atoms with Gasteiger partial charge in [-0.15, -0.1) is 0 Å². The van der Waals surface area contributed by atoms with Crippen molar-refractivity contribution in [2.45, 2.75) is 259 Å². The molecule has 0 bridgehead atoms. The SMILES string of the molecule is COC1CC(OC2C(O)CC(OC3C(O)CC(OC4CCC5(C=O)C(CCC6C5CCC5(C)C(C7=CC(=O)OC7)CCC65O)C4)OC3C)OC2C)OC(C)C1OC1OC(C)C(OC2OC(CO)C(O)C(O)C2O)C(OC)C1O. The highest BCUT2D eigenvalue weighted by molar-refractivity contribution is 5.85. The predicted molar refractivity (Wildman–Crippen MR) is 265 cm³/mol. The number of esters is 1. The van der Waals surface area contributed by atoms with Crippen LogP contribution in [0.1, 0.15) is 112 Å². The molecular weight excluding hydrogens is 1030 g/mol. The minimum absolute atomic E-state index is 0.00602. The number of hydrogen-bond donors (Lipinski definition) is 8. The first kappa shape index (κ1) is 59.2. The summed E-state index contributed by atoms with van der Waals surface area (Å²) in [6.07, 6.45) is -13.1. The zero-order valence-corrected chi connectivity index (χ0v) is 45.8. The molecule has 444 valence electrons. The van der Waals surface area contributed by atoms with Crippen LogP contribution in [-0.4, -0.2) is 227 Å². The molecule has 10 aliphatic rings. The second-order valence-corrected chi connectivity index (χ2v) is 24.5. The smallest absolute Gasteiger partial charge is 0.331 e. The van der Waals surface area contributed by atoms with Crippen LogP contribution in [0, 0.1) is 34.5 Å². The number of carbonyl (C=O) groups is 2. The van der Waals surface area contributed by atoms with E-state index in [1.807, 2.05) is 6.92 Å². The highest BCUT2D eigenvalue weighted by atomic mass is 16.8. The lowest BCUT2D eigenvalue weighted by molar-refractivity contribution is -0.374. The molecule has 5 saturated heterocycles. The molecule has 78 heavy (non-hydrogen) atoms. The Balaban J connectivity index is 0.680. The number of cyclic esters (lactones) is 1. The number of fused-ring (bicyclic) bond motifs is 5. The van der Waals surface area contributed by atoms with Gasteiger partial charge in [-0.05, 0) is 115 Å². The quantitative estimate of drug-likeness (QED) is 0.0626. The Labute approximate surface area is 455 Å². The maximum absolute atomic E-state index is 13.4. The van der Waals surface area contributed by atoms with E-state index in [-0.39, 0.29) is 55.0 Å². The van der Waals surface area contributed by atoms with Gasteiger partial charge in [0.2, 0.25) is 0 Å². The zero-order valence-electron chi connectivity index (χ0n) is 45.8. The summed E-state index contributed by atoms with van der Waals surface area (Å²) >= 11 is 0. The molecule has 0 radical (unpaired) electrons. The average molecular weight is 1120 g/mol. The summed E-state index contributed by atoms with van der Waals surface area (Å²) in [5.74, 6) is -0.0803. The topological polar surface area (TPSA) is 316 Å². The van der Waals surface area contributed by atoms with E-state index in [4.69, 9.17) is 61.6 Å². The highest BCUT2D eigenvalue weighted by Gasteiger charge is 2.69. The lowest BCUT2D eigenvalue weighted by Crippen LogP contribution is -2.65. The molecular formula is C55H86O23. The average Bonchev–Trinajstić information content (AvgIpc) is 4.07. The summed E-state index contributed by atoms with van der Waals surface area (Å²) in [5.41, 5.74) is -0.885. The van der Waals surface area contributed by atoms with Crippen molar-refractivity contribution in [3.63, 3.8) is 0 Å². The van der Waals surface area contributed by atoms with E-state index < -0.39 is 158 Å². The normalized spacial score (nSPS) is 53.6. The van der Waals surface area contributed by atoms with Crippen molar-refractivity contribution in [3.05, 3.63) is 11.6 Å². The molecule has 0 spiro atoms. The van der Waals surface area contributed by atoms with E-state index in [1.54, 1.807) is 26.8 Å². The van der Waals surface area contributed by atoms with Crippen LogP contribution in [0.5, 0.6) is 0 Å². The third-order valence-electron chi connectivity index (χ3n) is 20.3. The van der Waals surface area contributed by atoms with Crippen LogP contribution in [-0.2, 0) is 71.2 Å². The number of methoxy groups -OCH3 is 2. The van der Waals surface area contributed by atoms with E-state index in [9.17, 15) is 50.4 Å². The van der Waals surface area contributed by atoms with Crippen molar-refractivity contribution >= 4 is 12.3 Å². The van der Waals surface area contributed by atoms with Gasteiger partial charge in [-0.2, -0.15) is 0 Å². The molecule has 9 fully saturated rings. The molecule has 4 saturated carbocycles. The number of hydrogen-bond acceptors (Lipinski definition) is 23. The first-order valence-corrected chi connectivity index (χ1v) is 28.5. The Morgan fingerprint density at radius 3 is 1.83 bits per heavy atom. The minimum Gasteiger partial charge on any atom is -0.458 e. The summed E-state index contributed by atoms with van der Waals surface area (Å²) in [7, 11) is 2.85. The Kier molecular flexibility index (Phi) is 17.9. The van der Waals surface area contributed by atoms with Crippen LogP contribution in [0.3, 0.4) is 0 Å². The maximum Gasteiger partial charge on any atom is 0.331 e. The van der Waals surface area contributed by atoms with Crippen molar-refractivity contribution in [3.8, 4) is 0 Å². The van der Waals surface area contributed by atoms with Gasteiger partial charge in [-0.25, -0.2) is 4.79 Å². The zero-order chi connectivity index (χ0) is 55.7. The van der Waals surface area contributed by atoms with Crippen LogP contribution in [0.15, 0.2) is 11.6 Å². The molecule has 30 atom stereocenters. The Hall–Kier alpha value is -1.92. The lowest BCUT2D eigenvalue weighted by Gasteiger charge is -2.63. The molecule has 8 N–H and O–H groups in total. The van der Waals surface area contributed by atoms with E-state index in [2.05, 4.69) is 6.92 Å². The van der Waals surface area contributed by atoms with Gasteiger partial charge in [-0.1, -0.05) is 6.92 Å². The molecule has 6 aliphatic heterocycles. The second-order valence-electron chi connectivity index (χ2n) is 24.5. The van der Waals surface area contributed by atoms with E-state index in [1.165, 1.54) is 20.5 Å². The van der Waals surface area contributed by atoms with E-state index in [0.29, 0.717) is 32.3 Å². The monoisotopic (exact) mass is 1110 g/mol. The Morgan fingerprint density at radius 1 is 0.615 bits per heavy atom. The van der Waals surface area contributed by atoms with Gasteiger partial charge >= 0.3 is 5.97 Å². The van der Waals surface area contributed by atoms with Gasteiger partial charge in [0, 0.05) is 50.4 Å². The molecule has 23 heteroatoms. The van der Waals surface area contributed by atoms with Gasteiger partial charge in [0.05, 0.1) is 61.0 Å². The van der Waals surface area contributed by atoms with Crippen molar-refractivity contribution < 1.29 is 112 Å². The van der Waals surface area contributed by atoms with Gasteiger partial charge < -0.3 is 107 Å². The van der Waals surface area contributed by atoms with Gasteiger partial charge in [-0.3, -0.25) is 0 Å². The fourth-order valence-corrected chi connectivity index (χ4v) is 16.2. The number of ether oxygens (including phenoxy) is 13. The molecule has 23 nitrogen and oxygen atoms in total. The third-order valence-corrected chi connectivity index (χ3v) is 20.3. The summed E-state index contributed by atoms with van der Waals surface area (Å²) in [6.45, 7) is 8.77. The predicted octanol–water partition coefficient (Wildman–Crippen LogP) is 0.411. The maximum atomic E-state index is 13.4. The summed E-state index contributed by atoms with van der Waals surface area (Å²) < 4.78 is 78.8. The Bertz CT molecular complexity index is 2080. The standard InChI is InChI=1S/C55H86O23/c1-24-46(34(58)18-39(69-24)73-30-10-14-54(23-57)29(17-30)8-9-33-32(54)11-13-53(5)31(12-15-55(33,53)65)28-16-38(60)68-22-28)75-40-19-35(59)47(25(2)70-40)76-41-20-36(66-6)48(26(3)71-41)77-52-45(64)50(67-7)49(27(4)72-52)78-51-44(63)43(62)42(61)37(21-56)74-51/h16,23-27,29-37,39-52,56,58-59,61-65H,8-15,17-22H2,1-7H3. The molecule has 0 amide bonds. The number of carbonyl (C=O) groups excluding carboxylic acids is 2. The van der Waals surface area contributed by atoms with Gasteiger partial charge in [0.15, 0.2) is 31.5 Å². The van der Waals surface area contributed by atoms with Crippen molar-refractivity contribution in [1.29, 1.82) is 0 Å². The van der Waals surface area contributed by atoms with Crippen LogP contribution in [0.25, 0.3) is 0 Å². The van der Waals surface area contributed by atoms with Gasteiger partial charge in [0.1, 0.15) is 73.9 Å². The van der Waals surface area contributed by atoms with Crippen molar-refractivity contribution in [2.75, 3.05) is 27.4 Å². The first-order chi connectivity index (χ1) is 37.2. The second kappa shape index (κ2) is 23.6. The highest BCUT2D eigenvalue weighted by Crippen LogP contribution is 2.70. The van der Waals surface area contributed by atoms with E-state index >= 15 is 0 Å². The molecule has 6 heterocycles. The molecule has 0 aromatic carbocycles.